The number of amidine groups is 1. The van der Waals surface area contributed by atoms with Gasteiger partial charge in [0.05, 0.1) is 17.0 Å². The van der Waals surface area contributed by atoms with Gasteiger partial charge >= 0.3 is 0 Å². The van der Waals surface area contributed by atoms with Crippen LogP contribution >= 0.6 is 23.4 Å². The number of hydrogen-bond acceptors (Lipinski definition) is 6. The van der Waals surface area contributed by atoms with Crippen LogP contribution in [0, 0.1) is 13.8 Å². The maximum absolute atomic E-state index is 11.8. The number of hydrogen-bond donors (Lipinski definition) is 1. The lowest BCUT2D eigenvalue weighted by Gasteiger charge is -2.14. The second-order valence-corrected chi connectivity index (χ2v) is 7.89. The summed E-state index contributed by atoms with van der Waals surface area (Å²) in [7, 11) is 1.53. The van der Waals surface area contributed by atoms with Crippen molar-refractivity contribution >= 4 is 40.5 Å². The lowest BCUT2D eigenvalue weighted by Crippen LogP contribution is -2.10. The molecule has 1 aliphatic heterocycles. The third kappa shape index (κ3) is 5.46. The largest absolute Gasteiger partial charge is 0.493 e. The molecule has 2 aromatic carbocycles. The van der Waals surface area contributed by atoms with E-state index in [1.807, 2.05) is 26.0 Å². The SMILES string of the molecule is COc1cc(/C=C2\SC(N)=NC2=O)cc(Cl)c1OCCOc1cc(C)cc(C)c1. The molecule has 0 spiro atoms. The van der Waals surface area contributed by atoms with Crippen molar-refractivity contribution in [2.45, 2.75) is 13.8 Å². The smallest absolute Gasteiger partial charge is 0.286 e. The number of carbonyl (C=O) groups is 1. The van der Waals surface area contributed by atoms with Crippen LogP contribution in [0.2, 0.25) is 5.02 Å². The van der Waals surface area contributed by atoms with Gasteiger partial charge in [0.15, 0.2) is 16.7 Å². The summed E-state index contributed by atoms with van der Waals surface area (Å²) in [5, 5.41) is 0.593. The highest BCUT2D eigenvalue weighted by molar-refractivity contribution is 8.18. The fourth-order valence-electron chi connectivity index (χ4n) is 2.86. The van der Waals surface area contributed by atoms with Crippen LogP contribution in [-0.2, 0) is 4.79 Å². The maximum atomic E-state index is 11.8. The van der Waals surface area contributed by atoms with E-state index >= 15 is 0 Å². The molecule has 1 amide bonds. The average molecular weight is 433 g/mol. The van der Waals surface area contributed by atoms with Crippen LogP contribution in [-0.4, -0.2) is 31.4 Å². The molecule has 0 atom stereocenters. The minimum atomic E-state index is -0.369. The zero-order chi connectivity index (χ0) is 21.0. The third-order valence-corrected chi connectivity index (χ3v) is 5.07. The van der Waals surface area contributed by atoms with Crippen LogP contribution in [0.25, 0.3) is 6.08 Å². The van der Waals surface area contributed by atoms with E-state index in [2.05, 4.69) is 11.1 Å². The molecule has 0 saturated heterocycles. The van der Waals surface area contributed by atoms with Gasteiger partial charge in [-0.1, -0.05) is 17.7 Å². The Hall–Kier alpha value is -2.64. The Bertz CT molecular complexity index is 984. The lowest BCUT2D eigenvalue weighted by molar-refractivity contribution is -0.113. The normalized spacial score (nSPS) is 14.8. The van der Waals surface area contributed by atoms with Crippen molar-refractivity contribution in [2.75, 3.05) is 20.3 Å². The fraction of sp³-hybridized carbons (Fsp3) is 0.238. The Morgan fingerprint density at radius 3 is 2.41 bits per heavy atom. The van der Waals surface area contributed by atoms with Crippen molar-refractivity contribution in [1.29, 1.82) is 0 Å². The highest BCUT2D eigenvalue weighted by Gasteiger charge is 2.20. The Balaban J connectivity index is 1.66. The number of thioether (sulfide) groups is 1. The summed E-state index contributed by atoms with van der Waals surface area (Å²) in [6, 6.07) is 9.47. The topological polar surface area (TPSA) is 83.1 Å². The second-order valence-electron chi connectivity index (χ2n) is 6.42. The molecular formula is C21H21ClN2O4S. The van der Waals surface area contributed by atoms with Gasteiger partial charge in [0.25, 0.3) is 5.91 Å². The van der Waals surface area contributed by atoms with E-state index in [-0.39, 0.29) is 11.1 Å². The number of halogens is 1. The summed E-state index contributed by atoms with van der Waals surface area (Å²) in [4.78, 5) is 15.9. The highest BCUT2D eigenvalue weighted by Crippen LogP contribution is 2.38. The van der Waals surface area contributed by atoms with Crippen molar-refractivity contribution in [1.82, 2.24) is 0 Å². The Morgan fingerprint density at radius 2 is 1.79 bits per heavy atom. The summed E-state index contributed by atoms with van der Waals surface area (Å²) < 4.78 is 16.9. The molecule has 152 valence electrons. The molecule has 1 heterocycles. The van der Waals surface area contributed by atoms with E-state index in [0.29, 0.717) is 40.2 Å². The molecule has 1 aliphatic rings. The third-order valence-electron chi connectivity index (χ3n) is 3.98. The van der Waals surface area contributed by atoms with E-state index in [0.717, 1.165) is 28.6 Å². The number of methoxy groups -OCH3 is 1. The summed E-state index contributed by atoms with van der Waals surface area (Å²) in [5.41, 5.74) is 8.54. The molecule has 8 heteroatoms. The monoisotopic (exact) mass is 432 g/mol. The number of rotatable bonds is 7. The van der Waals surface area contributed by atoms with Crippen molar-refractivity contribution in [3.63, 3.8) is 0 Å². The van der Waals surface area contributed by atoms with Gasteiger partial charge < -0.3 is 19.9 Å². The number of ether oxygens (including phenoxy) is 3. The molecule has 29 heavy (non-hydrogen) atoms. The van der Waals surface area contributed by atoms with Crippen LogP contribution in [0.3, 0.4) is 0 Å². The fourth-order valence-corrected chi connectivity index (χ4v) is 3.82. The maximum Gasteiger partial charge on any atom is 0.286 e. The molecule has 3 rings (SSSR count). The molecule has 6 nitrogen and oxygen atoms in total. The molecule has 0 aromatic heterocycles. The van der Waals surface area contributed by atoms with Crippen molar-refractivity contribution < 1.29 is 19.0 Å². The number of nitrogens with two attached hydrogens (primary N) is 1. The van der Waals surface area contributed by atoms with Gasteiger partial charge in [-0.3, -0.25) is 4.79 Å². The first-order chi connectivity index (χ1) is 13.9. The zero-order valence-corrected chi connectivity index (χ0v) is 17.9. The Morgan fingerprint density at radius 1 is 1.10 bits per heavy atom. The number of nitrogens with zero attached hydrogens (tertiary/aromatic N) is 1. The summed E-state index contributed by atoms with van der Waals surface area (Å²) in [5.74, 6) is 1.30. The second kappa shape index (κ2) is 9.24. The molecule has 0 aliphatic carbocycles. The number of amides is 1. The van der Waals surface area contributed by atoms with Crippen LogP contribution < -0.4 is 19.9 Å². The standard InChI is InChI=1S/C21H21ClN2O4S/c1-12-6-13(2)8-15(7-12)27-4-5-28-19-16(22)9-14(10-17(19)26-3)11-18-20(25)24-21(23)29-18/h6-11H,4-5H2,1-3H3,(H2,23,24,25)/b18-11-. The van der Waals surface area contributed by atoms with E-state index in [4.69, 9.17) is 31.5 Å². The van der Waals surface area contributed by atoms with E-state index in [1.54, 1.807) is 18.2 Å². The van der Waals surface area contributed by atoms with Gasteiger partial charge in [0.1, 0.15) is 19.0 Å². The first-order valence-electron chi connectivity index (χ1n) is 8.85. The molecule has 0 bridgehead atoms. The van der Waals surface area contributed by atoms with E-state index in [9.17, 15) is 4.79 Å². The van der Waals surface area contributed by atoms with Gasteiger partial charge in [0.2, 0.25) is 0 Å². The van der Waals surface area contributed by atoms with Gasteiger partial charge in [-0.05, 0) is 72.6 Å². The quantitative estimate of drug-likeness (QED) is 0.517. The molecule has 2 aromatic rings. The predicted octanol–water partition coefficient (Wildman–Crippen LogP) is 4.35. The lowest BCUT2D eigenvalue weighted by atomic mass is 10.1. The van der Waals surface area contributed by atoms with Gasteiger partial charge in [0, 0.05) is 0 Å². The van der Waals surface area contributed by atoms with Crippen LogP contribution in [0.5, 0.6) is 17.2 Å². The summed E-state index contributed by atoms with van der Waals surface area (Å²) in [6.07, 6.45) is 1.66. The van der Waals surface area contributed by atoms with Crippen molar-refractivity contribution in [2.24, 2.45) is 10.7 Å². The van der Waals surface area contributed by atoms with Gasteiger partial charge in [-0.15, -0.1) is 0 Å². The number of aliphatic imine (C=N–C) groups is 1. The van der Waals surface area contributed by atoms with Crippen LogP contribution in [0.15, 0.2) is 40.2 Å². The zero-order valence-electron chi connectivity index (χ0n) is 16.3. The van der Waals surface area contributed by atoms with E-state index < -0.39 is 0 Å². The number of aryl methyl sites for hydroxylation is 2. The minimum Gasteiger partial charge on any atom is -0.493 e. The minimum absolute atomic E-state index is 0.225. The number of carbonyl (C=O) groups excluding carboxylic acids is 1. The van der Waals surface area contributed by atoms with Crippen LogP contribution in [0.4, 0.5) is 0 Å². The first kappa shape index (κ1) is 21.1. The number of benzene rings is 2. The molecule has 0 radical (unpaired) electrons. The molecule has 0 unspecified atom stereocenters. The molecule has 0 fully saturated rings. The predicted molar refractivity (Wildman–Crippen MR) is 117 cm³/mol. The first-order valence-corrected chi connectivity index (χ1v) is 10.0. The van der Waals surface area contributed by atoms with Gasteiger partial charge in [-0.2, -0.15) is 4.99 Å². The Kier molecular flexibility index (Phi) is 6.71. The summed E-state index contributed by atoms with van der Waals surface area (Å²) >= 11 is 7.50. The average Bonchev–Trinajstić information content (AvgIpc) is 2.95. The molecular weight excluding hydrogens is 412 g/mol. The van der Waals surface area contributed by atoms with Crippen molar-refractivity contribution in [3.8, 4) is 17.2 Å². The molecule has 0 saturated carbocycles. The highest BCUT2D eigenvalue weighted by atomic mass is 35.5. The van der Waals surface area contributed by atoms with Crippen LogP contribution in [0.1, 0.15) is 16.7 Å². The van der Waals surface area contributed by atoms with E-state index in [1.165, 1.54) is 7.11 Å². The molecule has 2 N–H and O–H groups in total. The summed E-state index contributed by atoms with van der Waals surface area (Å²) in [6.45, 7) is 4.70. The van der Waals surface area contributed by atoms with Crippen molar-refractivity contribution in [3.05, 3.63) is 56.9 Å². The Labute approximate surface area is 178 Å². The van der Waals surface area contributed by atoms with Gasteiger partial charge in [-0.25, -0.2) is 0 Å².